The predicted octanol–water partition coefficient (Wildman–Crippen LogP) is 7.06. The molecule has 0 unspecified atom stereocenters. The van der Waals surface area contributed by atoms with E-state index in [0.29, 0.717) is 6.54 Å². The molecule has 166 valence electrons. The molecule has 0 atom stereocenters. The summed E-state index contributed by atoms with van der Waals surface area (Å²) in [6, 6.07) is 6.76. The summed E-state index contributed by atoms with van der Waals surface area (Å²) in [5.41, 5.74) is 0.977. The second-order valence-corrected chi connectivity index (χ2v) is 8.23. The molecule has 0 saturated heterocycles. The smallest absolute Gasteiger partial charge is 0.315 e. The molecule has 29 heavy (non-hydrogen) atoms. The van der Waals surface area contributed by atoms with Crippen LogP contribution in [0.1, 0.15) is 109 Å². The molecule has 0 bridgehead atoms. The van der Waals surface area contributed by atoms with Gasteiger partial charge in [0, 0.05) is 13.1 Å². The molecule has 0 aliphatic carbocycles. The van der Waals surface area contributed by atoms with Gasteiger partial charge < -0.3 is 15.7 Å². The van der Waals surface area contributed by atoms with Crippen molar-refractivity contribution >= 4 is 6.03 Å². The van der Waals surface area contributed by atoms with Gasteiger partial charge in [0.1, 0.15) is 5.75 Å². The van der Waals surface area contributed by atoms with Crippen molar-refractivity contribution in [3.63, 3.8) is 0 Å². The Balaban J connectivity index is 1.78. The number of carbonyl (C=O) groups is 1. The first-order chi connectivity index (χ1) is 14.2. The van der Waals surface area contributed by atoms with E-state index in [-0.39, 0.29) is 11.8 Å². The lowest BCUT2D eigenvalue weighted by atomic mass is 10.0. The van der Waals surface area contributed by atoms with Crippen LogP contribution in [0.5, 0.6) is 5.75 Å². The minimum Gasteiger partial charge on any atom is -0.508 e. The SMILES string of the molecule is CCCCCCCCCCCCCCCCCNC(=O)NCc1ccc(O)cc1. The molecule has 0 aliphatic rings. The van der Waals surface area contributed by atoms with Crippen LogP contribution in [0.4, 0.5) is 4.79 Å². The van der Waals surface area contributed by atoms with Gasteiger partial charge in [-0.3, -0.25) is 0 Å². The largest absolute Gasteiger partial charge is 0.508 e. The summed E-state index contributed by atoms with van der Waals surface area (Å²) in [6.07, 6.45) is 20.3. The van der Waals surface area contributed by atoms with E-state index in [1.165, 1.54) is 89.9 Å². The second-order valence-electron chi connectivity index (χ2n) is 8.23. The molecule has 2 amide bonds. The van der Waals surface area contributed by atoms with E-state index in [1.54, 1.807) is 12.1 Å². The lowest BCUT2D eigenvalue weighted by Gasteiger charge is -2.08. The van der Waals surface area contributed by atoms with Gasteiger partial charge in [0.15, 0.2) is 0 Å². The lowest BCUT2D eigenvalue weighted by Crippen LogP contribution is -2.35. The zero-order chi connectivity index (χ0) is 21.0. The van der Waals surface area contributed by atoms with Gasteiger partial charge in [0.2, 0.25) is 0 Å². The van der Waals surface area contributed by atoms with E-state index in [9.17, 15) is 9.90 Å². The number of nitrogens with one attached hydrogen (secondary N) is 2. The summed E-state index contributed by atoms with van der Waals surface area (Å²) in [7, 11) is 0. The number of urea groups is 1. The number of amides is 2. The normalized spacial score (nSPS) is 10.8. The lowest BCUT2D eigenvalue weighted by molar-refractivity contribution is 0.240. The molecule has 0 heterocycles. The van der Waals surface area contributed by atoms with Crippen molar-refractivity contribution in [1.29, 1.82) is 0 Å². The molecule has 0 saturated carbocycles. The molecule has 0 aliphatic heterocycles. The van der Waals surface area contributed by atoms with Crippen LogP contribution in [0.25, 0.3) is 0 Å². The molecule has 0 spiro atoms. The molecular formula is C25H44N2O2. The van der Waals surface area contributed by atoms with E-state index in [1.807, 2.05) is 12.1 Å². The summed E-state index contributed by atoms with van der Waals surface area (Å²) in [5, 5.41) is 15.0. The Labute approximate surface area is 178 Å². The van der Waals surface area contributed by atoms with E-state index in [2.05, 4.69) is 17.6 Å². The van der Waals surface area contributed by atoms with Gasteiger partial charge in [0.25, 0.3) is 0 Å². The third kappa shape index (κ3) is 15.8. The van der Waals surface area contributed by atoms with Crippen molar-refractivity contribution < 1.29 is 9.90 Å². The van der Waals surface area contributed by atoms with Crippen molar-refractivity contribution in [2.24, 2.45) is 0 Å². The Morgan fingerprint density at radius 2 is 1.14 bits per heavy atom. The molecule has 0 fully saturated rings. The fourth-order valence-corrected chi connectivity index (χ4v) is 3.56. The van der Waals surface area contributed by atoms with E-state index in [0.717, 1.165) is 18.5 Å². The van der Waals surface area contributed by atoms with Crippen molar-refractivity contribution in [3.8, 4) is 5.75 Å². The second kappa shape index (κ2) is 18.3. The standard InChI is InChI=1S/C25H44N2O2/c1-2-3-4-5-6-7-8-9-10-11-12-13-14-15-16-21-26-25(29)27-22-23-17-19-24(28)20-18-23/h17-20,28H,2-16,21-22H2,1H3,(H2,26,27,29). The van der Waals surface area contributed by atoms with Crippen LogP contribution in [-0.4, -0.2) is 17.7 Å². The van der Waals surface area contributed by atoms with Gasteiger partial charge in [-0.05, 0) is 24.1 Å². The molecule has 0 aromatic heterocycles. The molecule has 1 rings (SSSR count). The molecule has 0 radical (unpaired) electrons. The highest BCUT2D eigenvalue weighted by Crippen LogP contribution is 2.13. The van der Waals surface area contributed by atoms with E-state index in [4.69, 9.17) is 0 Å². The van der Waals surface area contributed by atoms with E-state index < -0.39 is 0 Å². The van der Waals surface area contributed by atoms with Crippen LogP contribution in [0.3, 0.4) is 0 Å². The Hall–Kier alpha value is -1.71. The van der Waals surface area contributed by atoms with Crippen LogP contribution in [0.15, 0.2) is 24.3 Å². The number of hydrogen-bond donors (Lipinski definition) is 3. The first-order valence-electron chi connectivity index (χ1n) is 12.0. The van der Waals surface area contributed by atoms with Crippen molar-refractivity contribution in [1.82, 2.24) is 10.6 Å². The quantitative estimate of drug-likeness (QED) is 0.229. The Morgan fingerprint density at radius 3 is 1.62 bits per heavy atom. The molecule has 1 aromatic carbocycles. The third-order valence-corrected chi connectivity index (χ3v) is 5.46. The zero-order valence-electron chi connectivity index (χ0n) is 18.7. The maximum atomic E-state index is 11.8. The first-order valence-corrected chi connectivity index (χ1v) is 12.0. The first kappa shape index (κ1) is 25.3. The zero-order valence-corrected chi connectivity index (χ0v) is 18.7. The van der Waals surface area contributed by atoms with Crippen molar-refractivity contribution in [2.75, 3.05) is 6.54 Å². The molecular weight excluding hydrogens is 360 g/mol. The number of carbonyl (C=O) groups excluding carboxylic acids is 1. The Bertz CT molecular complexity index is 502. The number of benzene rings is 1. The van der Waals surface area contributed by atoms with Gasteiger partial charge in [-0.2, -0.15) is 0 Å². The van der Waals surface area contributed by atoms with Gasteiger partial charge >= 0.3 is 6.03 Å². The average molecular weight is 405 g/mol. The summed E-state index contributed by atoms with van der Waals surface area (Å²) in [6.45, 7) is 3.49. The van der Waals surface area contributed by atoms with E-state index >= 15 is 0 Å². The minimum atomic E-state index is -0.122. The highest BCUT2D eigenvalue weighted by molar-refractivity contribution is 5.73. The summed E-state index contributed by atoms with van der Waals surface area (Å²) >= 11 is 0. The van der Waals surface area contributed by atoms with Gasteiger partial charge in [-0.15, -0.1) is 0 Å². The highest BCUT2D eigenvalue weighted by Gasteiger charge is 2.00. The van der Waals surface area contributed by atoms with Gasteiger partial charge in [-0.25, -0.2) is 4.79 Å². The maximum absolute atomic E-state index is 11.8. The fraction of sp³-hybridized carbons (Fsp3) is 0.720. The number of hydrogen-bond acceptors (Lipinski definition) is 2. The van der Waals surface area contributed by atoms with Crippen LogP contribution >= 0.6 is 0 Å². The maximum Gasteiger partial charge on any atom is 0.315 e. The fourth-order valence-electron chi connectivity index (χ4n) is 3.56. The molecule has 1 aromatic rings. The van der Waals surface area contributed by atoms with Gasteiger partial charge in [0.05, 0.1) is 0 Å². The monoisotopic (exact) mass is 404 g/mol. The molecule has 4 heteroatoms. The number of unbranched alkanes of at least 4 members (excludes halogenated alkanes) is 14. The summed E-state index contributed by atoms with van der Waals surface area (Å²) in [4.78, 5) is 11.8. The number of phenols is 1. The number of aromatic hydroxyl groups is 1. The van der Waals surface area contributed by atoms with Crippen molar-refractivity contribution in [2.45, 2.75) is 110 Å². The Morgan fingerprint density at radius 1 is 0.690 bits per heavy atom. The Kier molecular flexibility index (Phi) is 16.0. The molecule has 3 N–H and O–H groups in total. The average Bonchev–Trinajstić information content (AvgIpc) is 2.73. The van der Waals surface area contributed by atoms with Crippen molar-refractivity contribution in [3.05, 3.63) is 29.8 Å². The van der Waals surface area contributed by atoms with Crippen LogP contribution < -0.4 is 10.6 Å². The van der Waals surface area contributed by atoms with Gasteiger partial charge in [-0.1, -0.05) is 109 Å². The predicted molar refractivity (Wildman–Crippen MR) is 123 cm³/mol. The van der Waals surface area contributed by atoms with Crippen LogP contribution in [0, 0.1) is 0 Å². The summed E-state index contributed by atoms with van der Waals surface area (Å²) in [5.74, 6) is 0.242. The highest BCUT2D eigenvalue weighted by atomic mass is 16.3. The minimum absolute atomic E-state index is 0.122. The van der Waals surface area contributed by atoms with Crippen LogP contribution in [-0.2, 0) is 6.54 Å². The molecule has 4 nitrogen and oxygen atoms in total. The third-order valence-electron chi connectivity index (χ3n) is 5.46. The summed E-state index contributed by atoms with van der Waals surface area (Å²) < 4.78 is 0. The number of phenolic OH excluding ortho intramolecular Hbond substituents is 1. The topological polar surface area (TPSA) is 61.4 Å². The number of rotatable bonds is 18. The van der Waals surface area contributed by atoms with Crippen LogP contribution in [0.2, 0.25) is 0 Å².